The van der Waals surface area contributed by atoms with Crippen molar-refractivity contribution in [3.8, 4) is 5.75 Å². The molecular weight excluding hydrogens is 244 g/mol. The molecule has 4 heteroatoms. The summed E-state index contributed by atoms with van der Waals surface area (Å²) in [5.74, 6) is 0.887. The normalized spacial score (nSPS) is 12.4. The SMILES string of the molecule is COc1cc(C(N)Cc2nc(C)cs2)ccc1C. The van der Waals surface area contributed by atoms with E-state index in [0.29, 0.717) is 0 Å². The molecule has 0 aliphatic carbocycles. The number of nitrogens with two attached hydrogens (primary N) is 1. The maximum atomic E-state index is 6.22. The molecule has 0 amide bonds. The minimum atomic E-state index is -0.0370. The summed E-state index contributed by atoms with van der Waals surface area (Å²) in [4.78, 5) is 4.44. The maximum absolute atomic E-state index is 6.22. The molecule has 1 aromatic heterocycles. The first-order valence-corrected chi connectivity index (χ1v) is 6.79. The van der Waals surface area contributed by atoms with Gasteiger partial charge in [-0.2, -0.15) is 0 Å². The van der Waals surface area contributed by atoms with Gasteiger partial charge in [0.2, 0.25) is 0 Å². The number of hydrogen-bond acceptors (Lipinski definition) is 4. The topological polar surface area (TPSA) is 48.1 Å². The molecule has 0 aliphatic heterocycles. The summed E-state index contributed by atoms with van der Waals surface area (Å²) in [6.45, 7) is 4.03. The lowest BCUT2D eigenvalue weighted by atomic mass is 10.0. The molecule has 0 saturated heterocycles. The van der Waals surface area contributed by atoms with Gasteiger partial charge in [0.05, 0.1) is 12.1 Å². The van der Waals surface area contributed by atoms with Crippen LogP contribution in [0.4, 0.5) is 0 Å². The molecule has 96 valence electrons. The molecule has 2 aromatic rings. The highest BCUT2D eigenvalue weighted by molar-refractivity contribution is 7.09. The van der Waals surface area contributed by atoms with Gasteiger partial charge >= 0.3 is 0 Å². The van der Waals surface area contributed by atoms with E-state index in [1.807, 2.05) is 26.0 Å². The van der Waals surface area contributed by atoms with Crippen molar-refractivity contribution in [3.05, 3.63) is 45.4 Å². The Balaban J connectivity index is 2.15. The Morgan fingerprint density at radius 1 is 1.39 bits per heavy atom. The Kier molecular flexibility index (Phi) is 3.99. The average Bonchev–Trinajstić information content (AvgIpc) is 2.75. The van der Waals surface area contributed by atoms with Crippen molar-refractivity contribution in [3.63, 3.8) is 0 Å². The van der Waals surface area contributed by atoms with Crippen LogP contribution in [-0.2, 0) is 6.42 Å². The Morgan fingerprint density at radius 2 is 2.17 bits per heavy atom. The lowest BCUT2D eigenvalue weighted by molar-refractivity contribution is 0.410. The van der Waals surface area contributed by atoms with E-state index >= 15 is 0 Å². The van der Waals surface area contributed by atoms with Crippen LogP contribution in [0.2, 0.25) is 0 Å². The van der Waals surface area contributed by atoms with E-state index in [-0.39, 0.29) is 6.04 Å². The van der Waals surface area contributed by atoms with E-state index in [4.69, 9.17) is 10.5 Å². The highest BCUT2D eigenvalue weighted by Crippen LogP contribution is 2.24. The quantitative estimate of drug-likeness (QED) is 0.921. The molecular formula is C14H18N2OS. The standard InChI is InChI=1S/C14H18N2OS/c1-9-4-5-11(6-13(9)17-3)12(15)7-14-16-10(2)8-18-14/h4-6,8,12H,7,15H2,1-3H3. The third kappa shape index (κ3) is 2.89. The Hall–Kier alpha value is -1.39. The van der Waals surface area contributed by atoms with Gasteiger partial charge in [-0.25, -0.2) is 4.98 Å². The molecule has 0 spiro atoms. The van der Waals surface area contributed by atoms with Gasteiger partial charge in [-0.15, -0.1) is 11.3 Å². The lowest BCUT2D eigenvalue weighted by Crippen LogP contribution is -2.13. The highest BCUT2D eigenvalue weighted by Gasteiger charge is 2.11. The molecule has 0 saturated carbocycles. The van der Waals surface area contributed by atoms with Crippen molar-refractivity contribution in [2.45, 2.75) is 26.3 Å². The molecule has 0 fully saturated rings. The van der Waals surface area contributed by atoms with Gasteiger partial charge in [0, 0.05) is 23.5 Å². The average molecular weight is 262 g/mol. The van der Waals surface area contributed by atoms with E-state index in [0.717, 1.165) is 34.0 Å². The number of benzene rings is 1. The number of thiazole rings is 1. The van der Waals surface area contributed by atoms with Crippen LogP contribution in [0.5, 0.6) is 5.75 Å². The predicted octanol–water partition coefficient (Wildman–Crippen LogP) is 3.01. The first-order valence-electron chi connectivity index (χ1n) is 5.91. The first-order chi connectivity index (χ1) is 8.60. The number of rotatable bonds is 4. The predicted molar refractivity (Wildman–Crippen MR) is 75.2 cm³/mol. The number of aromatic nitrogens is 1. The van der Waals surface area contributed by atoms with Crippen molar-refractivity contribution in [2.24, 2.45) is 5.73 Å². The van der Waals surface area contributed by atoms with Crippen LogP contribution in [0.15, 0.2) is 23.6 Å². The second-order valence-electron chi connectivity index (χ2n) is 4.42. The summed E-state index contributed by atoms with van der Waals surface area (Å²) in [6, 6.07) is 6.08. The van der Waals surface area contributed by atoms with Crippen LogP contribution >= 0.6 is 11.3 Å². The fourth-order valence-corrected chi connectivity index (χ4v) is 2.70. The summed E-state index contributed by atoms with van der Waals surface area (Å²) >= 11 is 1.66. The van der Waals surface area contributed by atoms with Crippen LogP contribution in [-0.4, -0.2) is 12.1 Å². The van der Waals surface area contributed by atoms with E-state index in [1.54, 1.807) is 18.4 Å². The fraction of sp³-hybridized carbons (Fsp3) is 0.357. The van der Waals surface area contributed by atoms with E-state index in [2.05, 4.69) is 16.4 Å². The molecule has 0 bridgehead atoms. The molecule has 2 N–H and O–H groups in total. The molecule has 0 aliphatic rings. The van der Waals surface area contributed by atoms with E-state index < -0.39 is 0 Å². The van der Waals surface area contributed by atoms with E-state index in [1.165, 1.54) is 0 Å². The smallest absolute Gasteiger partial charge is 0.122 e. The summed E-state index contributed by atoms with van der Waals surface area (Å²) < 4.78 is 5.32. The number of methoxy groups -OCH3 is 1. The van der Waals surface area contributed by atoms with Crippen molar-refractivity contribution in [1.29, 1.82) is 0 Å². The van der Waals surface area contributed by atoms with E-state index in [9.17, 15) is 0 Å². The van der Waals surface area contributed by atoms with Gasteiger partial charge in [0.1, 0.15) is 5.75 Å². The van der Waals surface area contributed by atoms with Crippen molar-refractivity contribution < 1.29 is 4.74 Å². The number of ether oxygens (including phenoxy) is 1. The first kappa shape index (κ1) is 13.1. The molecule has 1 heterocycles. The number of aryl methyl sites for hydroxylation is 2. The number of hydrogen-bond donors (Lipinski definition) is 1. The minimum Gasteiger partial charge on any atom is -0.496 e. The second-order valence-corrected chi connectivity index (χ2v) is 5.36. The number of nitrogens with zero attached hydrogens (tertiary/aromatic N) is 1. The summed E-state index contributed by atoms with van der Waals surface area (Å²) in [6.07, 6.45) is 0.769. The summed E-state index contributed by atoms with van der Waals surface area (Å²) in [5, 5.41) is 3.14. The Bertz CT molecular complexity index is 536. The monoisotopic (exact) mass is 262 g/mol. The van der Waals surface area contributed by atoms with Crippen LogP contribution in [0.1, 0.15) is 27.9 Å². The zero-order chi connectivity index (χ0) is 13.1. The van der Waals surface area contributed by atoms with Gasteiger partial charge in [-0.05, 0) is 31.0 Å². The summed E-state index contributed by atoms with van der Waals surface area (Å²) in [5.41, 5.74) is 9.49. The molecule has 18 heavy (non-hydrogen) atoms. The third-order valence-electron chi connectivity index (χ3n) is 2.92. The zero-order valence-corrected chi connectivity index (χ0v) is 11.8. The Morgan fingerprint density at radius 3 is 2.78 bits per heavy atom. The molecule has 3 nitrogen and oxygen atoms in total. The summed E-state index contributed by atoms with van der Waals surface area (Å²) in [7, 11) is 1.68. The molecule has 1 aromatic carbocycles. The molecule has 1 atom stereocenters. The molecule has 1 unspecified atom stereocenters. The Labute approximate surface area is 112 Å². The maximum Gasteiger partial charge on any atom is 0.122 e. The van der Waals surface area contributed by atoms with Crippen molar-refractivity contribution in [1.82, 2.24) is 4.98 Å². The van der Waals surface area contributed by atoms with Crippen LogP contribution in [0.3, 0.4) is 0 Å². The van der Waals surface area contributed by atoms with Gasteiger partial charge in [-0.3, -0.25) is 0 Å². The van der Waals surface area contributed by atoms with Crippen molar-refractivity contribution in [2.75, 3.05) is 7.11 Å². The second kappa shape index (κ2) is 5.50. The van der Waals surface area contributed by atoms with Gasteiger partial charge in [0.15, 0.2) is 0 Å². The largest absolute Gasteiger partial charge is 0.496 e. The lowest BCUT2D eigenvalue weighted by Gasteiger charge is -2.13. The van der Waals surface area contributed by atoms with Gasteiger partial charge < -0.3 is 10.5 Å². The van der Waals surface area contributed by atoms with Gasteiger partial charge in [0.25, 0.3) is 0 Å². The molecule has 0 radical (unpaired) electrons. The fourth-order valence-electron chi connectivity index (χ4n) is 1.87. The van der Waals surface area contributed by atoms with Crippen LogP contribution < -0.4 is 10.5 Å². The van der Waals surface area contributed by atoms with Crippen molar-refractivity contribution >= 4 is 11.3 Å². The van der Waals surface area contributed by atoms with Crippen LogP contribution in [0.25, 0.3) is 0 Å². The highest BCUT2D eigenvalue weighted by atomic mass is 32.1. The van der Waals surface area contributed by atoms with Gasteiger partial charge in [-0.1, -0.05) is 12.1 Å². The third-order valence-corrected chi connectivity index (χ3v) is 3.91. The van der Waals surface area contributed by atoms with Crippen LogP contribution in [0, 0.1) is 13.8 Å². The molecule has 2 rings (SSSR count). The minimum absolute atomic E-state index is 0.0370. The zero-order valence-electron chi connectivity index (χ0n) is 10.9.